The molecular formula is C12H20N4O3. The highest BCUT2D eigenvalue weighted by atomic mass is 16.5. The number of hydrogen-bond acceptors (Lipinski definition) is 7. The van der Waals surface area contributed by atoms with Crippen molar-refractivity contribution >= 4 is 5.97 Å². The molecule has 1 N–H and O–H groups in total. The lowest BCUT2D eigenvalue weighted by Gasteiger charge is -2.33. The minimum Gasteiger partial charge on any atom is -0.465 e. The summed E-state index contributed by atoms with van der Waals surface area (Å²) >= 11 is 0. The van der Waals surface area contributed by atoms with Crippen LogP contribution in [0.4, 0.5) is 0 Å². The Morgan fingerprint density at radius 1 is 1.47 bits per heavy atom. The number of ether oxygens (including phenoxy) is 1. The molecule has 1 fully saturated rings. The van der Waals surface area contributed by atoms with Gasteiger partial charge in [-0.05, 0) is 6.92 Å². The Labute approximate surface area is 112 Å². The maximum Gasteiger partial charge on any atom is 0.324 e. The van der Waals surface area contributed by atoms with Crippen molar-refractivity contribution in [2.24, 2.45) is 0 Å². The standard InChI is InChI=1S/C12H20N4O3/c1-3-10-14-15-11(19-10)8-16-6-5-13-7-9(16)12(17)18-4-2/h9,13H,3-8H2,1-2H3. The van der Waals surface area contributed by atoms with Crippen molar-refractivity contribution in [1.82, 2.24) is 20.4 Å². The number of aryl methyl sites for hydroxylation is 1. The van der Waals surface area contributed by atoms with E-state index in [0.29, 0.717) is 31.5 Å². The molecule has 19 heavy (non-hydrogen) atoms. The van der Waals surface area contributed by atoms with Crippen LogP contribution >= 0.6 is 0 Å². The van der Waals surface area contributed by atoms with Crippen LogP contribution in [0.2, 0.25) is 0 Å². The second-order valence-corrected chi connectivity index (χ2v) is 4.39. The first-order chi connectivity index (χ1) is 9.24. The lowest BCUT2D eigenvalue weighted by atomic mass is 10.2. The normalized spacial score (nSPS) is 20.4. The molecule has 0 amide bonds. The molecule has 1 aromatic rings. The average molecular weight is 268 g/mol. The Morgan fingerprint density at radius 2 is 2.26 bits per heavy atom. The second kappa shape index (κ2) is 6.63. The summed E-state index contributed by atoms with van der Waals surface area (Å²) in [5, 5.41) is 11.1. The molecule has 1 saturated heterocycles. The van der Waals surface area contributed by atoms with E-state index >= 15 is 0 Å². The highest BCUT2D eigenvalue weighted by Gasteiger charge is 2.30. The van der Waals surface area contributed by atoms with Crippen LogP contribution < -0.4 is 5.32 Å². The SMILES string of the molecule is CCOC(=O)C1CNCCN1Cc1nnc(CC)o1. The number of rotatable bonds is 5. The Bertz CT molecular complexity index is 421. The first-order valence-electron chi connectivity index (χ1n) is 6.67. The molecule has 0 saturated carbocycles. The van der Waals surface area contributed by atoms with E-state index in [-0.39, 0.29) is 12.0 Å². The number of esters is 1. The van der Waals surface area contributed by atoms with Crippen molar-refractivity contribution in [3.05, 3.63) is 11.8 Å². The van der Waals surface area contributed by atoms with Crippen molar-refractivity contribution in [2.45, 2.75) is 32.9 Å². The molecule has 7 heteroatoms. The summed E-state index contributed by atoms with van der Waals surface area (Å²) in [5.41, 5.74) is 0. The van der Waals surface area contributed by atoms with Crippen LogP contribution in [0.1, 0.15) is 25.6 Å². The fourth-order valence-electron chi connectivity index (χ4n) is 2.08. The van der Waals surface area contributed by atoms with E-state index in [2.05, 4.69) is 15.5 Å². The number of piperazine rings is 1. The summed E-state index contributed by atoms with van der Waals surface area (Å²) in [7, 11) is 0. The Kier molecular flexibility index (Phi) is 4.86. The summed E-state index contributed by atoms with van der Waals surface area (Å²) in [4.78, 5) is 13.9. The minimum absolute atomic E-state index is 0.204. The van der Waals surface area contributed by atoms with Gasteiger partial charge in [-0.1, -0.05) is 6.92 Å². The summed E-state index contributed by atoms with van der Waals surface area (Å²) in [6.45, 7) is 6.83. The number of nitrogens with zero attached hydrogens (tertiary/aromatic N) is 3. The maximum atomic E-state index is 11.9. The Morgan fingerprint density at radius 3 is 2.95 bits per heavy atom. The van der Waals surface area contributed by atoms with E-state index in [1.54, 1.807) is 0 Å². The topological polar surface area (TPSA) is 80.5 Å². The Balaban J connectivity index is 2.00. The van der Waals surface area contributed by atoms with E-state index in [4.69, 9.17) is 9.15 Å². The number of aromatic nitrogens is 2. The molecule has 1 aliphatic heterocycles. The highest BCUT2D eigenvalue weighted by Crippen LogP contribution is 2.11. The average Bonchev–Trinajstić information content (AvgIpc) is 2.87. The van der Waals surface area contributed by atoms with Crippen molar-refractivity contribution in [1.29, 1.82) is 0 Å². The van der Waals surface area contributed by atoms with Gasteiger partial charge < -0.3 is 14.5 Å². The number of hydrogen-bond donors (Lipinski definition) is 1. The van der Waals surface area contributed by atoms with Crippen LogP contribution in [-0.2, 0) is 22.5 Å². The summed E-state index contributed by atoms with van der Waals surface area (Å²) < 4.78 is 10.6. The molecular weight excluding hydrogens is 248 g/mol. The highest BCUT2D eigenvalue weighted by molar-refractivity contribution is 5.76. The molecule has 0 aromatic carbocycles. The predicted molar refractivity (Wildman–Crippen MR) is 67.4 cm³/mol. The zero-order valence-corrected chi connectivity index (χ0v) is 11.4. The quantitative estimate of drug-likeness (QED) is 0.751. The van der Waals surface area contributed by atoms with Crippen LogP contribution in [0.15, 0.2) is 4.42 Å². The van der Waals surface area contributed by atoms with E-state index in [1.165, 1.54) is 0 Å². The van der Waals surface area contributed by atoms with Crippen LogP contribution in [0.25, 0.3) is 0 Å². The van der Waals surface area contributed by atoms with Crippen LogP contribution in [0, 0.1) is 0 Å². The maximum absolute atomic E-state index is 11.9. The lowest BCUT2D eigenvalue weighted by molar-refractivity contribution is -0.150. The molecule has 2 rings (SSSR count). The lowest BCUT2D eigenvalue weighted by Crippen LogP contribution is -2.54. The van der Waals surface area contributed by atoms with Gasteiger partial charge in [-0.15, -0.1) is 10.2 Å². The van der Waals surface area contributed by atoms with Gasteiger partial charge in [0.1, 0.15) is 6.04 Å². The number of carbonyl (C=O) groups is 1. The zero-order chi connectivity index (χ0) is 13.7. The first-order valence-corrected chi connectivity index (χ1v) is 6.67. The van der Waals surface area contributed by atoms with Gasteiger partial charge in [-0.2, -0.15) is 0 Å². The van der Waals surface area contributed by atoms with Gasteiger partial charge in [0, 0.05) is 26.1 Å². The molecule has 0 aliphatic carbocycles. The third kappa shape index (κ3) is 3.51. The van der Waals surface area contributed by atoms with Crippen molar-refractivity contribution in [3.63, 3.8) is 0 Å². The van der Waals surface area contributed by atoms with Gasteiger partial charge in [0.15, 0.2) is 0 Å². The molecule has 0 spiro atoms. The van der Waals surface area contributed by atoms with Crippen LogP contribution in [0.3, 0.4) is 0 Å². The number of carbonyl (C=O) groups excluding carboxylic acids is 1. The third-order valence-corrected chi connectivity index (χ3v) is 3.06. The largest absolute Gasteiger partial charge is 0.465 e. The van der Waals surface area contributed by atoms with E-state index in [1.807, 2.05) is 18.7 Å². The van der Waals surface area contributed by atoms with Gasteiger partial charge in [0.2, 0.25) is 11.8 Å². The smallest absolute Gasteiger partial charge is 0.324 e. The summed E-state index contributed by atoms with van der Waals surface area (Å²) in [5.74, 6) is 0.968. The van der Waals surface area contributed by atoms with Gasteiger partial charge in [-0.3, -0.25) is 9.69 Å². The van der Waals surface area contributed by atoms with Crippen LogP contribution in [0.5, 0.6) is 0 Å². The van der Waals surface area contributed by atoms with Gasteiger partial charge in [-0.25, -0.2) is 0 Å². The van der Waals surface area contributed by atoms with Gasteiger partial charge in [0.05, 0.1) is 13.2 Å². The van der Waals surface area contributed by atoms with E-state index in [0.717, 1.165) is 19.5 Å². The molecule has 1 aliphatic rings. The summed E-state index contributed by atoms with van der Waals surface area (Å²) in [6, 6.07) is -0.286. The Hall–Kier alpha value is -1.47. The van der Waals surface area contributed by atoms with Gasteiger partial charge in [0.25, 0.3) is 0 Å². The minimum atomic E-state index is -0.286. The third-order valence-electron chi connectivity index (χ3n) is 3.06. The fraction of sp³-hybridized carbons (Fsp3) is 0.750. The first kappa shape index (κ1) is 14.0. The molecule has 0 bridgehead atoms. The molecule has 1 atom stereocenters. The molecule has 106 valence electrons. The summed E-state index contributed by atoms with van der Waals surface area (Å²) in [6.07, 6.45) is 0.718. The van der Waals surface area contributed by atoms with E-state index < -0.39 is 0 Å². The van der Waals surface area contributed by atoms with E-state index in [9.17, 15) is 4.79 Å². The molecule has 7 nitrogen and oxygen atoms in total. The van der Waals surface area contributed by atoms with Crippen molar-refractivity contribution < 1.29 is 13.9 Å². The van der Waals surface area contributed by atoms with Crippen molar-refractivity contribution in [3.8, 4) is 0 Å². The van der Waals surface area contributed by atoms with Crippen molar-refractivity contribution in [2.75, 3.05) is 26.2 Å². The molecule has 2 heterocycles. The molecule has 1 aromatic heterocycles. The monoisotopic (exact) mass is 268 g/mol. The zero-order valence-electron chi connectivity index (χ0n) is 11.4. The fourth-order valence-corrected chi connectivity index (χ4v) is 2.08. The molecule has 0 radical (unpaired) electrons. The van der Waals surface area contributed by atoms with Crippen LogP contribution in [-0.4, -0.2) is 53.3 Å². The second-order valence-electron chi connectivity index (χ2n) is 4.39. The predicted octanol–water partition coefficient (Wildman–Crippen LogP) is -0.0311. The van der Waals surface area contributed by atoms with Gasteiger partial charge >= 0.3 is 5.97 Å². The molecule has 1 unspecified atom stereocenters. The number of nitrogens with one attached hydrogen (secondary N) is 1.